The molecule has 1 aliphatic carbocycles. The molecule has 0 amide bonds. The summed E-state index contributed by atoms with van der Waals surface area (Å²) in [5.74, 6) is -0.282. The van der Waals surface area contributed by atoms with Crippen molar-refractivity contribution in [3.63, 3.8) is 0 Å². The minimum absolute atomic E-state index is 0.282. The average molecular weight is 245 g/mol. The highest BCUT2D eigenvalue weighted by Crippen LogP contribution is 2.19. The van der Waals surface area contributed by atoms with Crippen molar-refractivity contribution in [2.24, 2.45) is 0 Å². The Morgan fingerprint density at radius 3 is 3.00 bits per heavy atom. The van der Waals surface area contributed by atoms with Crippen LogP contribution >= 0.6 is 0 Å². The maximum absolute atomic E-state index is 13.0. The fourth-order valence-corrected chi connectivity index (χ4v) is 2.00. The summed E-state index contributed by atoms with van der Waals surface area (Å²) in [5.41, 5.74) is 2.15. The molecule has 2 heterocycles. The molecule has 3 rings (SSSR count). The van der Waals surface area contributed by atoms with E-state index in [0.717, 1.165) is 18.2 Å². The van der Waals surface area contributed by atoms with E-state index in [1.54, 1.807) is 6.20 Å². The largest absolute Gasteiger partial charge is 0.350 e. The minimum atomic E-state index is -0.282. The van der Waals surface area contributed by atoms with Crippen molar-refractivity contribution in [2.45, 2.75) is 32.0 Å². The van der Waals surface area contributed by atoms with Gasteiger partial charge in [-0.25, -0.2) is 4.39 Å². The van der Waals surface area contributed by atoms with Gasteiger partial charge in [-0.1, -0.05) is 0 Å². The van der Waals surface area contributed by atoms with Gasteiger partial charge in [-0.3, -0.25) is 4.98 Å². The number of aromatic nitrogens is 2. The fourth-order valence-electron chi connectivity index (χ4n) is 2.00. The van der Waals surface area contributed by atoms with Crippen LogP contribution < -0.4 is 5.32 Å². The minimum Gasteiger partial charge on any atom is -0.350 e. The van der Waals surface area contributed by atoms with E-state index in [4.69, 9.17) is 0 Å². The lowest BCUT2D eigenvalue weighted by atomic mass is 10.3. The Balaban J connectivity index is 1.61. The van der Waals surface area contributed by atoms with Gasteiger partial charge in [0.05, 0.1) is 6.20 Å². The molecule has 0 spiro atoms. The van der Waals surface area contributed by atoms with Crippen LogP contribution in [0.3, 0.4) is 0 Å². The molecule has 0 aliphatic heterocycles. The Morgan fingerprint density at radius 2 is 2.22 bits per heavy atom. The van der Waals surface area contributed by atoms with E-state index < -0.39 is 0 Å². The van der Waals surface area contributed by atoms with Crippen molar-refractivity contribution < 1.29 is 4.39 Å². The van der Waals surface area contributed by atoms with Gasteiger partial charge in [-0.2, -0.15) is 0 Å². The van der Waals surface area contributed by atoms with Gasteiger partial charge in [0.2, 0.25) is 0 Å². The van der Waals surface area contributed by atoms with Gasteiger partial charge in [0.1, 0.15) is 5.82 Å². The van der Waals surface area contributed by atoms with Crippen LogP contribution in [0.2, 0.25) is 0 Å². The Labute approximate surface area is 106 Å². The van der Waals surface area contributed by atoms with E-state index in [9.17, 15) is 4.39 Å². The first kappa shape index (κ1) is 11.4. The molecule has 1 aliphatic rings. The number of nitrogens with one attached hydrogen (secondary N) is 1. The van der Waals surface area contributed by atoms with Crippen molar-refractivity contribution >= 4 is 0 Å². The number of hydrogen-bond donors (Lipinski definition) is 1. The summed E-state index contributed by atoms with van der Waals surface area (Å²) in [6, 6.07) is 4.35. The van der Waals surface area contributed by atoms with Crippen LogP contribution in [0.1, 0.15) is 24.0 Å². The quantitative estimate of drug-likeness (QED) is 0.876. The molecular formula is C14H16FN3. The SMILES string of the molecule is Fc1cncc(Cn2ccc(CNC3CC3)c2)c1. The van der Waals surface area contributed by atoms with Crippen LogP contribution in [0.15, 0.2) is 36.9 Å². The second kappa shape index (κ2) is 4.90. The molecule has 2 aromatic rings. The maximum atomic E-state index is 13.0. The molecule has 4 heteroatoms. The van der Waals surface area contributed by atoms with Crippen molar-refractivity contribution in [1.82, 2.24) is 14.9 Å². The second-order valence-corrected chi connectivity index (χ2v) is 4.86. The van der Waals surface area contributed by atoms with Crippen molar-refractivity contribution in [2.75, 3.05) is 0 Å². The number of pyridine rings is 1. The zero-order valence-electron chi connectivity index (χ0n) is 10.1. The van der Waals surface area contributed by atoms with Gasteiger partial charge in [0, 0.05) is 37.7 Å². The lowest BCUT2D eigenvalue weighted by Crippen LogP contribution is -2.14. The predicted octanol–water partition coefficient (Wildman–Crippen LogP) is 2.32. The van der Waals surface area contributed by atoms with Crippen molar-refractivity contribution in [1.29, 1.82) is 0 Å². The molecule has 0 atom stereocenters. The molecule has 0 aromatic carbocycles. The monoisotopic (exact) mass is 245 g/mol. The molecule has 0 unspecified atom stereocenters. The third-order valence-corrected chi connectivity index (χ3v) is 3.11. The summed E-state index contributed by atoms with van der Waals surface area (Å²) >= 11 is 0. The zero-order valence-corrected chi connectivity index (χ0v) is 10.1. The van der Waals surface area contributed by atoms with Gasteiger partial charge >= 0.3 is 0 Å². The summed E-state index contributed by atoms with van der Waals surface area (Å²) in [7, 11) is 0. The highest BCUT2D eigenvalue weighted by Gasteiger charge is 2.19. The summed E-state index contributed by atoms with van der Waals surface area (Å²) in [6.07, 6.45) is 9.65. The molecule has 18 heavy (non-hydrogen) atoms. The normalized spacial score (nSPS) is 14.9. The first-order chi connectivity index (χ1) is 8.79. The van der Waals surface area contributed by atoms with Gasteiger partial charge in [0.15, 0.2) is 0 Å². The second-order valence-electron chi connectivity index (χ2n) is 4.86. The van der Waals surface area contributed by atoms with Crippen LogP contribution in [-0.2, 0) is 13.1 Å². The number of halogens is 1. The Morgan fingerprint density at radius 1 is 1.33 bits per heavy atom. The Hall–Kier alpha value is -1.68. The fraction of sp³-hybridized carbons (Fsp3) is 0.357. The van der Waals surface area contributed by atoms with Gasteiger partial charge in [-0.15, -0.1) is 0 Å². The van der Waals surface area contributed by atoms with Crippen LogP contribution in [0.25, 0.3) is 0 Å². The first-order valence-corrected chi connectivity index (χ1v) is 6.27. The molecule has 2 aromatic heterocycles. The predicted molar refractivity (Wildman–Crippen MR) is 67.6 cm³/mol. The maximum Gasteiger partial charge on any atom is 0.141 e. The highest BCUT2D eigenvalue weighted by molar-refractivity contribution is 5.15. The summed E-state index contributed by atoms with van der Waals surface area (Å²) < 4.78 is 15.1. The Kier molecular flexibility index (Phi) is 3.11. The molecular weight excluding hydrogens is 229 g/mol. The lowest BCUT2D eigenvalue weighted by molar-refractivity contribution is 0.616. The molecule has 1 saturated carbocycles. The van der Waals surface area contributed by atoms with Crippen LogP contribution in [-0.4, -0.2) is 15.6 Å². The molecule has 1 fully saturated rings. The van der Waals surface area contributed by atoms with Crippen molar-refractivity contribution in [3.05, 3.63) is 53.9 Å². The van der Waals surface area contributed by atoms with E-state index in [1.165, 1.54) is 30.7 Å². The van der Waals surface area contributed by atoms with Gasteiger partial charge in [-0.05, 0) is 36.1 Å². The smallest absolute Gasteiger partial charge is 0.141 e. The average Bonchev–Trinajstić information content (AvgIpc) is 3.08. The van der Waals surface area contributed by atoms with Crippen LogP contribution in [0, 0.1) is 5.82 Å². The van der Waals surface area contributed by atoms with E-state index in [1.807, 2.05) is 6.20 Å². The van der Waals surface area contributed by atoms with Gasteiger partial charge in [0.25, 0.3) is 0 Å². The molecule has 0 bridgehead atoms. The number of nitrogens with zero attached hydrogens (tertiary/aromatic N) is 2. The van der Waals surface area contributed by atoms with E-state index in [2.05, 4.69) is 27.1 Å². The number of rotatable bonds is 5. The topological polar surface area (TPSA) is 29.9 Å². The lowest BCUT2D eigenvalue weighted by Gasteiger charge is -2.03. The Bertz CT molecular complexity index is 531. The summed E-state index contributed by atoms with van der Waals surface area (Å²) in [6.45, 7) is 1.58. The third-order valence-electron chi connectivity index (χ3n) is 3.11. The number of hydrogen-bond acceptors (Lipinski definition) is 2. The molecule has 0 saturated heterocycles. The van der Waals surface area contributed by atoms with Crippen LogP contribution in [0.4, 0.5) is 4.39 Å². The standard InChI is InChI=1S/C14H16FN3/c15-13-5-12(6-16-8-13)10-18-4-3-11(9-18)7-17-14-1-2-14/h3-6,8-9,14,17H,1-2,7,10H2. The third kappa shape index (κ3) is 2.96. The van der Waals surface area contributed by atoms with Crippen LogP contribution in [0.5, 0.6) is 0 Å². The van der Waals surface area contributed by atoms with E-state index >= 15 is 0 Å². The van der Waals surface area contributed by atoms with E-state index in [0.29, 0.717) is 6.54 Å². The molecule has 94 valence electrons. The summed E-state index contributed by atoms with van der Waals surface area (Å²) in [5, 5.41) is 3.47. The van der Waals surface area contributed by atoms with Gasteiger partial charge < -0.3 is 9.88 Å². The van der Waals surface area contributed by atoms with E-state index in [-0.39, 0.29) is 5.82 Å². The summed E-state index contributed by atoms with van der Waals surface area (Å²) in [4.78, 5) is 3.85. The van der Waals surface area contributed by atoms with Crippen molar-refractivity contribution in [3.8, 4) is 0 Å². The highest BCUT2D eigenvalue weighted by atomic mass is 19.1. The first-order valence-electron chi connectivity index (χ1n) is 6.27. The molecule has 0 radical (unpaired) electrons. The zero-order chi connectivity index (χ0) is 12.4. The molecule has 3 nitrogen and oxygen atoms in total. The molecule has 1 N–H and O–H groups in total.